The van der Waals surface area contributed by atoms with Gasteiger partial charge in [0.1, 0.15) is 0 Å². The minimum atomic E-state index is 0. The first-order valence-electron chi connectivity index (χ1n) is 10.5. The normalized spacial score (nSPS) is 23.7. The lowest BCUT2D eigenvalue weighted by Crippen LogP contribution is -2.51. The van der Waals surface area contributed by atoms with Crippen LogP contribution in [0.3, 0.4) is 0 Å². The molecular weight excluding hydrogens is 439 g/mol. The van der Waals surface area contributed by atoms with Crippen molar-refractivity contribution in [3.05, 3.63) is 69.2 Å². The van der Waals surface area contributed by atoms with Gasteiger partial charge in [-0.25, -0.2) is 0 Å². The molecule has 0 radical (unpaired) electrons. The summed E-state index contributed by atoms with van der Waals surface area (Å²) >= 11 is 12.2. The zero-order valence-electron chi connectivity index (χ0n) is 17.5. The molecule has 2 aromatic rings. The molecule has 30 heavy (non-hydrogen) atoms. The molecule has 2 aliphatic heterocycles. The van der Waals surface area contributed by atoms with E-state index in [2.05, 4.69) is 47.9 Å². The van der Waals surface area contributed by atoms with Crippen molar-refractivity contribution in [2.75, 3.05) is 19.6 Å². The number of hydrogen-bond donors (Lipinski definition) is 0. The summed E-state index contributed by atoms with van der Waals surface area (Å²) in [4.78, 5) is 18.2. The molecule has 0 N–H and O–H groups in total. The lowest BCUT2D eigenvalue weighted by molar-refractivity contribution is -0.137. The first-order valence-corrected chi connectivity index (χ1v) is 11.3. The van der Waals surface area contributed by atoms with Crippen molar-refractivity contribution in [3.63, 3.8) is 0 Å². The Labute approximate surface area is 195 Å². The van der Waals surface area contributed by atoms with Gasteiger partial charge in [-0.1, -0.05) is 60.5 Å². The molecule has 0 spiro atoms. The minimum Gasteiger partial charge on any atom is -0.331 e. The number of nitrogens with zero attached hydrogens (tertiary/aromatic N) is 2. The second-order valence-corrected chi connectivity index (χ2v) is 9.22. The molecule has 1 fully saturated rings. The molecule has 3 nitrogen and oxygen atoms in total. The molecule has 2 aromatic carbocycles. The van der Waals surface area contributed by atoms with Gasteiger partial charge < -0.3 is 9.80 Å². The molecule has 2 aliphatic rings. The summed E-state index contributed by atoms with van der Waals surface area (Å²) in [5, 5.41) is 1.01. The molecule has 0 aromatic heterocycles. The number of carbonyl (C=O) groups is 1. The van der Waals surface area contributed by atoms with Crippen molar-refractivity contribution in [1.82, 2.24) is 9.80 Å². The molecule has 3 unspecified atom stereocenters. The van der Waals surface area contributed by atoms with E-state index in [-0.39, 0.29) is 30.4 Å². The number of rotatable bonds is 4. The third-order valence-corrected chi connectivity index (χ3v) is 7.34. The van der Waals surface area contributed by atoms with Crippen LogP contribution in [0.5, 0.6) is 0 Å². The standard InChI is InChI=1S/C24H28Cl2N2O.ClH/c1-16-17(2)28(24(29)14-18-9-10-21(25)22(26)13-18)23(15-27-11-5-6-12-27)20-8-4-3-7-19(16)20;/h3-4,7-10,13,16-17,23H,5-6,11-12,14-15H2,1-2H3;1H. The quantitative estimate of drug-likeness (QED) is 0.540. The van der Waals surface area contributed by atoms with E-state index in [1.54, 1.807) is 6.07 Å². The van der Waals surface area contributed by atoms with E-state index in [4.69, 9.17) is 23.2 Å². The van der Waals surface area contributed by atoms with Crippen LogP contribution in [-0.2, 0) is 11.2 Å². The Morgan fingerprint density at radius 2 is 1.67 bits per heavy atom. The summed E-state index contributed by atoms with van der Waals surface area (Å²) in [7, 11) is 0. The maximum atomic E-state index is 13.5. The van der Waals surface area contributed by atoms with E-state index in [0.717, 1.165) is 25.2 Å². The van der Waals surface area contributed by atoms with Gasteiger partial charge in [0.15, 0.2) is 0 Å². The van der Waals surface area contributed by atoms with Crippen LogP contribution in [0.4, 0.5) is 0 Å². The van der Waals surface area contributed by atoms with E-state index < -0.39 is 0 Å². The largest absolute Gasteiger partial charge is 0.331 e. The summed E-state index contributed by atoms with van der Waals surface area (Å²) in [6, 6.07) is 14.4. The average molecular weight is 468 g/mol. The molecule has 0 bridgehead atoms. The fraction of sp³-hybridized carbons (Fsp3) is 0.458. The van der Waals surface area contributed by atoms with E-state index in [0.29, 0.717) is 22.4 Å². The Hall–Kier alpha value is -1.26. The Bertz CT molecular complexity index is 898. The highest BCUT2D eigenvalue weighted by atomic mass is 35.5. The van der Waals surface area contributed by atoms with E-state index in [1.165, 1.54) is 24.0 Å². The summed E-state index contributed by atoms with van der Waals surface area (Å²) in [5.41, 5.74) is 3.58. The Kier molecular flexibility index (Phi) is 7.73. The van der Waals surface area contributed by atoms with Gasteiger partial charge in [-0.3, -0.25) is 4.79 Å². The lowest BCUT2D eigenvalue weighted by atomic mass is 9.81. The molecule has 6 heteroatoms. The second kappa shape index (κ2) is 9.91. The molecule has 162 valence electrons. The third kappa shape index (κ3) is 4.65. The SMILES string of the molecule is CC1c2ccccc2C(CN2CCCC2)N(C(=O)Cc2ccc(Cl)c(Cl)c2)C1C.Cl. The fourth-order valence-electron chi connectivity index (χ4n) is 4.88. The van der Waals surface area contributed by atoms with Crippen molar-refractivity contribution in [2.24, 2.45) is 0 Å². The van der Waals surface area contributed by atoms with Gasteiger partial charge in [0.05, 0.1) is 22.5 Å². The number of amides is 1. The maximum Gasteiger partial charge on any atom is 0.227 e. The van der Waals surface area contributed by atoms with Crippen LogP contribution in [-0.4, -0.2) is 41.4 Å². The lowest BCUT2D eigenvalue weighted by Gasteiger charge is -2.46. The minimum absolute atomic E-state index is 0. The number of carbonyl (C=O) groups excluding carboxylic acids is 1. The molecule has 1 saturated heterocycles. The van der Waals surface area contributed by atoms with Crippen LogP contribution in [0.15, 0.2) is 42.5 Å². The van der Waals surface area contributed by atoms with Gasteiger partial charge in [0.2, 0.25) is 5.91 Å². The molecule has 0 saturated carbocycles. The average Bonchev–Trinajstić information content (AvgIpc) is 3.22. The smallest absolute Gasteiger partial charge is 0.227 e. The fourth-order valence-corrected chi connectivity index (χ4v) is 5.20. The van der Waals surface area contributed by atoms with Crippen molar-refractivity contribution in [2.45, 2.75) is 51.1 Å². The van der Waals surface area contributed by atoms with Gasteiger partial charge in [0.25, 0.3) is 0 Å². The monoisotopic (exact) mass is 466 g/mol. The zero-order valence-corrected chi connectivity index (χ0v) is 19.8. The number of halogens is 3. The van der Waals surface area contributed by atoms with Crippen LogP contribution in [0.25, 0.3) is 0 Å². The molecule has 3 atom stereocenters. The summed E-state index contributed by atoms with van der Waals surface area (Å²) in [5.74, 6) is 0.459. The van der Waals surface area contributed by atoms with Gasteiger partial charge in [-0.15, -0.1) is 12.4 Å². The Morgan fingerprint density at radius 1 is 1.00 bits per heavy atom. The Morgan fingerprint density at radius 3 is 2.33 bits per heavy atom. The number of fused-ring (bicyclic) bond motifs is 1. The highest BCUT2D eigenvalue weighted by Crippen LogP contribution is 2.41. The van der Waals surface area contributed by atoms with Crippen molar-refractivity contribution in [3.8, 4) is 0 Å². The maximum absolute atomic E-state index is 13.5. The predicted octanol–water partition coefficient (Wildman–Crippen LogP) is 6.13. The summed E-state index contributed by atoms with van der Waals surface area (Å²) in [6.45, 7) is 7.56. The highest BCUT2D eigenvalue weighted by molar-refractivity contribution is 6.42. The summed E-state index contributed by atoms with van der Waals surface area (Å²) < 4.78 is 0. The van der Waals surface area contributed by atoms with Gasteiger partial charge in [-0.2, -0.15) is 0 Å². The molecular formula is C24H29Cl3N2O. The molecule has 4 rings (SSSR count). The van der Waals surface area contributed by atoms with Crippen LogP contribution >= 0.6 is 35.6 Å². The highest BCUT2D eigenvalue weighted by Gasteiger charge is 2.39. The van der Waals surface area contributed by atoms with Crippen LogP contribution in [0, 0.1) is 0 Å². The number of benzene rings is 2. The van der Waals surface area contributed by atoms with E-state index >= 15 is 0 Å². The zero-order chi connectivity index (χ0) is 20.5. The first kappa shape index (κ1) is 23.4. The van der Waals surface area contributed by atoms with Crippen molar-refractivity contribution in [1.29, 1.82) is 0 Å². The van der Waals surface area contributed by atoms with Gasteiger partial charge in [-0.05, 0) is 61.7 Å². The van der Waals surface area contributed by atoms with Crippen LogP contribution < -0.4 is 0 Å². The predicted molar refractivity (Wildman–Crippen MR) is 127 cm³/mol. The third-order valence-electron chi connectivity index (χ3n) is 6.60. The van der Waals surface area contributed by atoms with E-state index in [9.17, 15) is 4.79 Å². The number of hydrogen-bond acceptors (Lipinski definition) is 2. The second-order valence-electron chi connectivity index (χ2n) is 8.41. The van der Waals surface area contributed by atoms with Gasteiger partial charge in [0, 0.05) is 18.5 Å². The molecule has 1 amide bonds. The number of likely N-dealkylation sites (tertiary alicyclic amines) is 1. The van der Waals surface area contributed by atoms with Crippen molar-refractivity contribution >= 4 is 41.5 Å². The molecule has 0 aliphatic carbocycles. The van der Waals surface area contributed by atoms with Gasteiger partial charge >= 0.3 is 0 Å². The first-order chi connectivity index (χ1) is 14.0. The van der Waals surface area contributed by atoms with E-state index in [1.807, 2.05) is 12.1 Å². The summed E-state index contributed by atoms with van der Waals surface area (Å²) in [6.07, 6.45) is 2.84. The van der Waals surface area contributed by atoms with Crippen LogP contribution in [0.2, 0.25) is 10.0 Å². The molecule has 2 heterocycles. The van der Waals surface area contributed by atoms with Crippen molar-refractivity contribution < 1.29 is 4.79 Å². The Balaban J connectivity index is 0.00000256. The van der Waals surface area contributed by atoms with Crippen LogP contribution in [0.1, 0.15) is 55.3 Å². The topological polar surface area (TPSA) is 23.6 Å².